The van der Waals surface area contributed by atoms with Gasteiger partial charge in [0.2, 0.25) is 0 Å². The van der Waals surface area contributed by atoms with Crippen molar-refractivity contribution < 1.29 is 35.6 Å². The maximum atomic E-state index is 13.4. The van der Waals surface area contributed by atoms with Crippen molar-refractivity contribution in [1.82, 2.24) is 15.2 Å². The van der Waals surface area contributed by atoms with Crippen molar-refractivity contribution >= 4 is 22.7 Å². The second-order valence-corrected chi connectivity index (χ2v) is 5.51. The molecule has 0 aliphatic heterocycles. The van der Waals surface area contributed by atoms with Crippen molar-refractivity contribution in [1.29, 1.82) is 0 Å². The summed E-state index contributed by atoms with van der Waals surface area (Å²) in [7, 11) is 0. The Kier molecular flexibility index (Phi) is 4.08. The fourth-order valence-corrected chi connectivity index (χ4v) is 2.45. The number of rotatable bonds is 2. The minimum atomic E-state index is -5.32. The molecule has 0 bridgehead atoms. The summed E-state index contributed by atoms with van der Waals surface area (Å²) in [5, 5.41) is 6.61. The summed E-state index contributed by atoms with van der Waals surface area (Å²) in [6.45, 7) is 1.34. The number of nitrogen functional groups attached to an aromatic ring is 1. The Morgan fingerprint density at radius 1 is 1.07 bits per heavy atom. The molecule has 0 amide bonds. The molecule has 2 aromatic heterocycles. The Bertz CT molecular complexity index is 1050. The van der Waals surface area contributed by atoms with Crippen LogP contribution in [0.4, 0.5) is 32.4 Å². The number of carbonyl (C=O) groups is 1. The molecule has 12 heteroatoms. The van der Waals surface area contributed by atoms with Gasteiger partial charge in [-0.25, -0.2) is 4.98 Å². The average Bonchev–Trinajstić information content (AvgIpc) is 2.98. The predicted molar refractivity (Wildman–Crippen MR) is 79.6 cm³/mol. The zero-order valence-corrected chi connectivity index (χ0v) is 13.2. The Morgan fingerprint density at radius 2 is 1.74 bits per heavy atom. The fourth-order valence-electron chi connectivity index (χ4n) is 2.45. The van der Waals surface area contributed by atoms with Crippen LogP contribution in [0.3, 0.4) is 0 Å². The largest absolute Gasteiger partial charge is 0.454 e. The summed E-state index contributed by atoms with van der Waals surface area (Å²) in [4.78, 5) is 15.2. The lowest BCUT2D eigenvalue weighted by Gasteiger charge is -2.15. The number of nitrogens with zero attached hydrogens (tertiary/aromatic N) is 3. The maximum absolute atomic E-state index is 13.4. The van der Waals surface area contributed by atoms with Gasteiger partial charge in [-0.15, -0.1) is 5.10 Å². The molecule has 0 saturated carbocycles. The summed E-state index contributed by atoms with van der Waals surface area (Å²) in [5.74, 6) is -2.65. The van der Waals surface area contributed by atoms with Crippen LogP contribution in [0.25, 0.3) is 22.5 Å². The molecule has 0 radical (unpaired) electrons. The van der Waals surface area contributed by atoms with Gasteiger partial charge in [0.15, 0.2) is 0 Å². The van der Waals surface area contributed by atoms with E-state index in [1.54, 1.807) is 0 Å². The maximum Gasteiger partial charge on any atom is 0.454 e. The van der Waals surface area contributed by atoms with Gasteiger partial charge < -0.3 is 10.2 Å². The normalized spacial score (nSPS) is 12.6. The quantitative estimate of drug-likeness (QED) is 0.526. The van der Waals surface area contributed by atoms with E-state index in [2.05, 4.69) is 15.2 Å². The molecule has 0 fully saturated rings. The van der Waals surface area contributed by atoms with Crippen LogP contribution in [-0.4, -0.2) is 27.1 Å². The molecule has 1 aromatic carbocycles. The van der Waals surface area contributed by atoms with E-state index in [1.807, 2.05) is 0 Å². The number of pyridine rings is 1. The van der Waals surface area contributed by atoms with E-state index in [9.17, 15) is 31.1 Å². The average molecular weight is 390 g/mol. The van der Waals surface area contributed by atoms with E-state index in [0.717, 1.165) is 0 Å². The molecular formula is C15H8F6N4O2. The number of nitrogens with two attached hydrogens (primary N) is 1. The van der Waals surface area contributed by atoms with Crippen LogP contribution in [0.5, 0.6) is 0 Å². The molecule has 0 atom stereocenters. The minimum Gasteiger partial charge on any atom is -0.402 e. The molecule has 27 heavy (non-hydrogen) atoms. The lowest BCUT2D eigenvalue weighted by atomic mass is 9.98. The summed E-state index contributed by atoms with van der Waals surface area (Å²) >= 11 is 0. The number of aromatic nitrogens is 3. The molecule has 3 rings (SSSR count). The Morgan fingerprint density at radius 3 is 2.26 bits per heavy atom. The van der Waals surface area contributed by atoms with E-state index < -0.39 is 34.8 Å². The molecule has 3 aromatic rings. The topological polar surface area (TPSA) is 94.9 Å². The van der Waals surface area contributed by atoms with E-state index in [1.165, 1.54) is 13.0 Å². The monoisotopic (exact) mass is 390 g/mol. The highest BCUT2D eigenvalue weighted by Crippen LogP contribution is 2.38. The second-order valence-electron chi connectivity index (χ2n) is 5.51. The van der Waals surface area contributed by atoms with Crippen molar-refractivity contribution in [2.75, 3.05) is 5.73 Å². The van der Waals surface area contributed by atoms with Crippen molar-refractivity contribution in [3.63, 3.8) is 0 Å². The molecule has 2 heterocycles. The number of carbonyl (C=O) groups excluding carboxylic acids is 1. The summed E-state index contributed by atoms with van der Waals surface area (Å²) < 4.78 is 83.2. The van der Waals surface area contributed by atoms with Gasteiger partial charge in [-0.05, 0) is 30.7 Å². The first-order valence-corrected chi connectivity index (χ1v) is 7.11. The lowest BCUT2D eigenvalue weighted by Crippen LogP contribution is -2.23. The molecule has 6 nitrogen and oxygen atoms in total. The number of aryl methyl sites for hydroxylation is 1. The fraction of sp³-hybridized carbons (Fsp3) is 0.200. The zero-order chi connectivity index (χ0) is 20.1. The number of halogens is 6. The van der Waals surface area contributed by atoms with Crippen LogP contribution in [0, 0.1) is 6.92 Å². The lowest BCUT2D eigenvalue weighted by molar-refractivity contribution is -0.136. The van der Waals surface area contributed by atoms with Gasteiger partial charge >= 0.3 is 18.4 Å². The number of hydrogen-bond donors (Lipinski definition) is 1. The third-order valence-electron chi connectivity index (χ3n) is 3.61. The molecule has 142 valence electrons. The zero-order valence-electron chi connectivity index (χ0n) is 13.2. The predicted octanol–water partition coefficient (Wildman–Crippen LogP) is 3.94. The Hall–Kier alpha value is -3.18. The van der Waals surface area contributed by atoms with E-state index in [4.69, 9.17) is 10.2 Å². The highest BCUT2D eigenvalue weighted by molar-refractivity contribution is 6.04. The molecule has 0 saturated heterocycles. The number of hydrogen-bond acceptors (Lipinski definition) is 6. The highest BCUT2D eigenvalue weighted by Gasteiger charge is 2.42. The van der Waals surface area contributed by atoms with Gasteiger partial charge in [0.1, 0.15) is 5.69 Å². The van der Waals surface area contributed by atoms with Crippen LogP contribution in [0.15, 0.2) is 22.6 Å². The standard InChI is InChI=1S/C15H8F6N4O2/c1-5-2-9(12-24-25-13(22)27-12)23-10-7(5)3-6(11(26)15(19,20)21)4-8(10)14(16,17)18/h2-4H,1H3,(H2,22,25). The number of alkyl halides is 6. The Labute approximate surface area is 146 Å². The molecule has 2 N–H and O–H groups in total. The van der Waals surface area contributed by atoms with Gasteiger partial charge in [-0.2, -0.15) is 26.3 Å². The number of fused-ring (bicyclic) bond motifs is 1. The third-order valence-corrected chi connectivity index (χ3v) is 3.61. The summed E-state index contributed by atoms with van der Waals surface area (Å²) in [6, 6.07) is 1.73. The van der Waals surface area contributed by atoms with Crippen molar-refractivity contribution in [2.24, 2.45) is 0 Å². The van der Waals surface area contributed by atoms with Crippen LogP contribution in [-0.2, 0) is 6.18 Å². The first-order chi connectivity index (χ1) is 12.4. The van der Waals surface area contributed by atoms with Gasteiger partial charge in [-0.3, -0.25) is 4.79 Å². The van der Waals surface area contributed by atoms with Crippen LogP contribution in [0.2, 0.25) is 0 Å². The summed E-state index contributed by atoms with van der Waals surface area (Å²) in [5.41, 5.74) is 1.95. The Balaban J connectivity index is 2.33. The number of ketones is 1. The summed E-state index contributed by atoms with van der Waals surface area (Å²) in [6.07, 6.45) is -10.4. The van der Waals surface area contributed by atoms with Crippen LogP contribution >= 0.6 is 0 Å². The molecule has 0 spiro atoms. The smallest absolute Gasteiger partial charge is 0.402 e. The van der Waals surface area contributed by atoms with Gasteiger partial charge in [-0.1, -0.05) is 5.10 Å². The van der Waals surface area contributed by atoms with E-state index in [0.29, 0.717) is 6.07 Å². The molecule has 0 aliphatic rings. The minimum absolute atomic E-state index is 0.120. The number of benzene rings is 1. The van der Waals surface area contributed by atoms with Gasteiger partial charge in [0, 0.05) is 10.9 Å². The first kappa shape index (κ1) is 18.6. The van der Waals surface area contributed by atoms with Crippen LogP contribution in [0.1, 0.15) is 21.5 Å². The molecule has 0 unspecified atom stereocenters. The number of Topliss-reactive ketones (excluding diaryl/α,β-unsaturated/α-hetero) is 1. The third kappa shape index (κ3) is 3.41. The van der Waals surface area contributed by atoms with Crippen LogP contribution < -0.4 is 5.73 Å². The van der Waals surface area contributed by atoms with Crippen molar-refractivity contribution in [2.45, 2.75) is 19.3 Å². The van der Waals surface area contributed by atoms with E-state index >= 15 is 0 Å². The first-order valence-electron chi connectivity index (χ1n) is 7.11. The van der Waals surface area contributed by atoms with Crippen molar-refractivity contribution in [3.05, 3.63) is 34.9 Å². The number of anilines is 1. The molecular weight excluding hydrogens is 382 g/mol. The highest BCUT2D eigenvalue weighted by atomic mass is 19.4. The second kappa shape index (κ2) is 5.93. The van der Waals surface area contributed by atoms with E-state index in [-0.39, 0.29) is 34.6 Å². The van der Waals surface area contributed by atoms with Gasteiger partial charge in [0.05, 0.1) is 11.1 Å². The molecule has 0 aliphatic carbocycles. The SMILES string of the molecule is Cc1cc(-c2nnc(N)o2)nc2c(C(F)(F)F)cc(C(=O)C(F)(F)F)cc12. The van der Waals surface area contributed by atoms with Gasteiger partial charge in [0.25, 0.3) is 11.7 Å². The van der Waals surface area contributed by atoms with Crippen molar-refractivity contribution in [3.8, 4) is 11.6 Å².